The van der Waals surface area contributed by atoms with Gasteiger partial charge in [0.1, 0.15) is 12.4 Å². The summed E-state index contributed by atoms with van der Waals surface area (Å²) in [7, 11) is 0. The molecule has 0 aromatic heterocycles. The monoisotopic (exact) mass is 266 g/mol. The first-order chi connectivity index (χ1) is 8.18. The predicted octanol–water partition coefficient (Wildman–Crippen LogP) is 4.88. The van der Waals surface area contributed by atoms with Gasteiger partial charge in [-0.1, -0.05) is 53.5 Å². The summed E-state index contributed by atoms with van der Waals surface area (Å²) in [5, 5.41) is 1.25. The van der Waals surface area contributed by atoms with Gasteiger partial charge in [0.25, 0.3) is 0 Å². The van der Waals surface area contributed by atoms with Gasteiger partial charge in [0, 0.05) is 10.6 Å². The standard InChI is InChI=1S/C14H12Cl2O/c1-10-12(15)7-8-13(16)14(10)17-9-11-5-3-2-4-6-11/h2-8H,9H2,1H3. The van der Waals surface area contributed by atoms with Crippen molar-refractivity contribution in [1.82, 2.24) is 0 Å². The van der Waals surface area contributed by atoms with Crippen LogP contribution in [-0.2, 0) is 6.61 Å². The highest BCUT2D eigenvalue weighted by atomic mass is 35.5. The lowest BCUT2D eigenvalue weighted by Gasteiger charge is -2.12. The molecule has 0 amide bonds. The van der Waals surface area contributed by atoms with Crippen molar-refractivity contribution < 1.29 is 4.74 Å². The zero-order valence-electron chi connectivity index (χ0n) is 9.41. The van der Waals surface area contributed by atoms with Crippen molar-refractivity contribution in [2.75, 3.05) is 0 Å². The van der Waals surface area contributed by atoms with E-state index < -0.39 is 0 Å². The summed E-state index contributed by atoms with van der Waals surface area (Å²) >= 11 is 12.1. The number of halogens is 2. The van der Waals surface area contributed by atoms with E-state index in [2.05, 4.69) is 0 Å². The molecule has 0 N–H and O–H groups in total. The first kappa shape index (κ1) is 12.3. The molecule has 0 unspecified atom stereocenters. The molecule has 0 saturated heterocycles. The SMILES string of the molecule is Cc1c(Cl)ccc(Cl)c1OCc1ccccc1. The van der Waals surface area contributed by atoms with Crippen LogP contribution in [0.3, 0.4) is 0 Å². The number of rotatable bonds is 3. The van der Waals surface area contributed by atoms with Gasteiger partial charge in [-0.3, -0.25) is 0 Å². The molecule has 0 aliphatic carbocycles. The molecule has 0 aliphatic heterocycles. The fourth-order valence-corrected chi connectivity index (χ4v) is 1.95. The minimum Gasteiger partial charge on any atom is -0.487 e. The summed E-state index contributed by atoms with van der Waals surface area (Å²) in [6, 6.07) is 13.5. The average Bonchev–Trinajstić information content (AvgIpc) is 2.35. The maximum absolute atomic E-state index is 6.08. The summed E-state index contributed by atoms with van der Waals surface area (Å²) in [6.07, 6.45) is 0. The van der Waals surface area contributed by atoms with Crippen molar-refractivity contribution in [2.24, 2.45) is 0 Å². The molecule has 0 atom stereocenters. The normalized spacial score (nSPS) is 10.3. The largest absolute Gasteiger partial charge is 0.487 e. The van der Waals surface area contributed by atoms with Crippen LogP contribution < -0.4 is 4.74 Å². The van der Waals surface area contributed by atoms with Crippen molar-refractivity contribution in [3.8, 4) is 5.75 Å². The predicted molar refractivity (Wildman–Crippen MR) is 72.0 cm³/mol. The Bertz CT molecular complexity index is 509. The summed E-state index contributed by atoms with van der Waals surface area (Å²) < 4.78 is 5.72. The molecule has 2 aromatic carbocycles. The van der Waals surface area contributed by atoms with Crippen molar-refractivity contribution in [3.05, 3.63) is 63.6 Å². The summed E-state index contributed by atoms with van der Waals surface area (Å²) in [6.45, 7) is 2.39. The lowest BCUT2D eigenvalue weighted by Crippen LogP contribution is -1.97. The molecule has 0 radical (unpaired) electrons. The van der Waals surface area contributed by atoms with E-state index in [1.165, 1.54) is 0 Å². The van der Waals surface area contributed by atoms with Crippen LogP contribution in [0.25, 0.3) is 0 Å². The van der Waals surface area contributed by atoms with Crippen LogP contribution >= 0.6 is 23.2 Å². The van der Waals surface area contributed by atoms with E-state index in [0.717, 1.165) is 11.1 Å². The highest BCUT2D eigenvalue weighted by Gasteiger charge is 2.08. The maximum atomic E-state index is 6.08. The Kier molecular flexibility index (Phi) is 3.93. The number of hydrogen-bond acceptors (Lipinski definition) is 1. The number of benzene rings is 2. The zero-order chi connectivity index (χ0) is 12.3. The van der Waals surface area contributed by atoms with Crippen LogP contribution in [0, 0.1) is 6.92 Å². The Hall–Kier alpha value is -1.18. The van der Waals surface area contributed by atoms with Crippen molar-refractivity contribution >= 4 is 23.2 Å². The second-order valence-electron chi connectivity index (χ2n) is 3.76. The quantitative estimate of drug-likeness (QED) is 0.770. The summed E-state index contributed by atoms with van der Waals surface area (Å²) in [5.41, 5.74) is 1.97. The van der Waals surface area contributed by atoms with Gasteiger partial charge in [-0.15, -0.1) is 0 Å². The van der Waals surface area contributed by atoms with E-state index in [-0.39, 0.29) is 0 Å². The maximum Gasteiger partial charge on any atom is 0.142 e. The van der Waals surface area contributed by atoms with Gasteiger partial charge in [-0.2, -0.15) is 0 Å². The van der Waals surface area contributed by atoms with Crippen molar-refractivity contribution in [2.45, 2.75) is 13.5 Å². The van der Waals surface area contributed by atoms with E-state index in [9.17, 15) is 0 Å². The van der Waals surface area contributed by atoms with Gasteiger partial charge in [-0.05, 0) is 24.6 Å². The second kappa shape index (κ2) is 5.44. The fraction of sp³-hybridized carbons (Fsp3) is 0.143. The minimum atomic E-state index is 0.488. The molecule has 0 heterocycles. The summed E-state index contributed by atoms with van der Waals surface area (Å²) in [5.74, 6) is 0.656. The topological polar surface area (TPSA) is 9.23 Å². The molecule has 0 bridgehead atoms. The first-order valence-electron chi connectivity index (χ1n) is 5.30. The van der Waals surface area contributed by atoms with Gasteiger partial charge in [0.05, 0.1) is 5.02 Å². The van der Waals surface area contributed by atoms with Crippen LogP contribution in [0.15, 0.2) is 42.5 Å². The van der Waals surface area contributed by atoms with E-state index in [1.54, 1.807) is 12.1 Å². The van der Waals surface area contributed by atoms with Gasteiger partial charge >= 0.3 is 0 Å². The molecule has 3 heteroatoms. The third kappa shape index (κ3) is 2.93. The van der Waals surface area contributed by atoms with Crippen molar-refractivity contribution in [3.63, 3.8) is 0 Å². The van der Waals surface area contributed by atoms with Crippen LogP contribution in [0.4, 0.5) is 0 Å². The Morgan fingerprint density at radius 1 is 0.941 bits per heavy atom. The Morgan fingerprint density at radius 2 is 1.59 bits per heavy atom. The molecule has 0 aliphatic rings. The molecule has 0 spiro atoms. The highest BCUT2D eigenvalue weighted by molar-refractivity contribution is 6.34. The Labute approximate surface area is 111 Å². The van der Waals surface area contributed by atoms with Crippen LogP contribution in [0.5, 0.6) is 5.75 Å². The molecule has 88 valence electrons. The van der Waals surface area contributed by atoms with E-state index >= 15 is 0 Å². The summed E-state index contributed by atoms with van der Waals surface area (Å²) in [4.78, 5) is 0. The second-order valence-corrected chi connectivity index (χ2v) is 4.57. The molecule has 0 fully saturated rings. The Morgan fingerprint density at radius 3 is 2.29 bits per heavy atom. The van der Waals surface area contributed by atoms with E-state index in [4.69, 9.17) is 27.9 Å². The molecular formula is C14H12Cl2O. The fourth-order valence-electron chi connectivity index (χ4n) is 1.54. The zero-order valence-corrected chi connectivity index (χ0v) is 10.9. The third-order valence-corrected chi connectivity index (χ3v) is 3.22. The van der Waals surface area contributed by atoms with Gasteiger partial charge in [0.15, 0.2) is 0 Å². The molecule has 0 saturated carbocycles. The lowest BCUT2D eigenvalue weighted by atomic mass is 10.2. The van der Waals surface area contributed by atoms with E-state index in [1.807, 2.05) is 37.3 Å². The van der Waals surface area contributed by atoms with Crippen LogP contribution in [0.1, 0.15) is 11.1 Å². The number of ether oxygens (including phenoxy) is 1. The van der Waals surface area contributed by atoms with Gasteiger partial charge in [-0.25, -0.2) is 0 Å². The Balaban J connectivity index is 2.17. The smallest absolute Gasteiger partial charge is 0.142 e. The third-order valence-electron chi connectivity index (χ3n) is 2.52. The van der Waals surface area contributed by atoms with Crippen molar-refractivity contribution in [1.29, 1.82) is 0 Å². The molecule has 17 heavy (non-hydrogen) atoms. The van der Waals surface area contributed by atoms with Gasteiger partial charge < -0.3 is 4.74 Å². The molecule has 2 aromatic rings. The highest BCUT2D eigenvalue weighted by Crippen LogP contribution is 2.33. The molecular weight excluding hydrogens is 255 g/mol. The molecule has 2 rings (SSSR count). The molecule has 1 nitrogen and oxygen atoms in total. The van der Waals surface area contributed by atoms with Crippen LogP contribution in [-0.4, -0.2) is 0 Å². The lowest BCUT2D eigenvalue weighted by molar-refractivity contribution is 0.304. The first-order valence-corrected chi connectivity index (χ1v) is 6.05. The van der Waals surface area contributed by atoms with E-state index in [0.29, 0.717) is 22.4 Å². The minimum absolute atomic E-state index is 0.488. The number of hydrogen-bond donors (Lipinski definition) is 0. The average molecular weight is 267 g/mol. The van der Waals surface area contributed by atoms with Gasteiger partial charge in [0.2, 0.25) is 0 Å². The van der Waals surface area contributed by atoms with Crippen LogP contribution in [0.2, 0.25) is 10.0 Å².